The second kappa shape index (κ2) is 4.97. The van der Waals surface area contributed by atoms with E-state index in [1.165, 1.54) is 0 Å². The summed E-state index contributed by atoms with van der Waals surface area (Å²) in [5, 5.41) is 2.24. The molecule has 0 atom stereocenters. The van der Waals surface area contributed by atoms with Gasteiger partial charge in [-0.05, 0) is 0 Å². The molecule has 0 aliphatic rings. The third-order valence-corrected chi connectivity index (χ3v) is 13.2. The third-order valence-electron chi connectivity index (χ3n) is 3.65. The van der Waals surface area contributed by atoms with Crippen molar-refractivity contribution in [3.8, 4) is 0 Å². The molecule has 5 heteroatoms. The first-order valence-electron chi connectivity index (χ1n) is 6.53. The SMILES string of the molecule is Cl[Te](Cl)(c1c[nH]c2ccccc12)c1c[nH]c2ccccc12. The molecule has 2 N–H and O–H groups in total. The van der Waals surface area contributed by atoms with E-state index in [0.717, 1.165) is 29.0 Å². The molecule has 0 aliphatic carbocycles. The van der Waals surface area contributed by atoms with Crippen molar-refractivity contribution < 1.29 is 0 Å². The van der Waals surface area contributed by atoms with Crippen LogP contribution >= 0.6 is 17.9 Å². The summed E-state index contributed by atoms with van der Waals surface area (Å²) in [4.78, 5) is 6.55. The van der Waals surface area contributed by atoms with Crippen LogP contribution in [-0.2, 0) is 0 Å². The normalized spacial score (nSPS) is 13.0. The average molecular weight is 431 g/mol. The molecule has 2 heterocycles. The Balaban J connectivity index is 1.97. The van der Waals surface area contributed by atoms with Gasteiger partial charge in [-0.25, -0.2) is 0 Å². The number of aromatic amines is 2. The van der Waals surface area contributed by atoms with Crippen molar-refractivity contribution in [3.63, 3.8) is 0 Å². The van der Waals surface area contributed by atoms with Crippen molar-refractivity contribution in [1.29, 1.82) is 0 Å². The minimum atomic E-state index is -3.42. The molecule has 4 rings (SSSR count). The van der Waals surface area contributed by atoms with Crippen molar-refractivity contribution in [3.05, 3.63) is 60.9 Å². The number of rotatable bonds is 2. The Hall–Kier alpha value is -1.11. The molecular formula is C16H12Cl2N2Te. The number of hydrogen-bond acceptors (Lipinski definition) is 0. The number of hydrogen-bond donors (Lipinski definition) is 2. The molecule has 0 unspecified atom stereocenters. The third kappa shape index (κ3) is 2.08. The fourth-order valence-electron chi connectivity index (χ4n) is 2.63. The van der Waals surface area contributed by atoms with Crippen molar-refractivity contribution >= 4 is 62.9 Å². The van der Waals surface area contributed by atoms with E-state index < -0.39 is 15.9 Å². The summed E-state index contributed by atoms with van der Waals surface area (Å²) < 4.78 is 2.11. The molecule has 2 nitrogen and oxygen atoms in total. The molecule has 0 amide bonds. The quantitative estimate of drug-likeness (QED) is 0.455. The van der Waals surface area contributed by atoms with Gasteiger partial charge in [0, 0.05) is 0 Å². The summed E-state index contributed by atoms with van der Waals surface area (Å²) in [5.74, 6) is 0. The second-order valence-corrected chi connectivity index (χ2v) is 17.3. The molecule has 2 aromatic heterocycles. The van der Waals surface area contributed by atoms with Gasteiger partial charge >= 0.3 is 134 Å². The predicted octanol–water partition coefficient (Wildman–Crippen LogP) is 3.68. The maximum absolute atomic E-state index is 6.94. The molecule has 2 aromatic carbocycles. The van der Waals surface area contributed by atoms with Gasteiger partial charge in [0.2, 0.25) is 0 Å². The number of halogens is 2. The van der Waals surface area contributed by atoms with E-state index in [1.807, 2.05) is 48.8 Å². The Kier molecular flexibility index (Phi) is 3.20. The summed E-state index contributed by atoms with van der Waals surface area (Å²) in [6, 6.07) is 16.3. The molecule has 21 heavy (non-hydrogen) atoms. The number of H-pyrrole nitrogens is 2. The van der Waals surface area contributed by atoms with Crippen LogP contribution in [0, 0.1) is 0 Å². The molecule has 0 fully saturated rings. The first kappa shape index (κ1) is 13.5. The van der Waals surface area contributed by atoms with E-state index in [9.17, 15) is 0 Å². The van der Waals surface area contributed by atoms with Crippen molar-refractivity contribution in [2.75, 3.05) is 0 Å². The van der Waals surface area contributed by atoms with Crippen LogP contribution in [0.2, 0.25) is 0 Å². The molecule has 0 radical (unpaired) electrons. The minimum absolute atomic E-state index is 1.06. The zero-order valence-electron chi connectivity index (χ0n) is 10.9. The maximum atomic E-state index is 6.94. The Morgan fingerprint density at radius 3 is 1.57 bits per heavy atom. The van der Waals surface area contributed by atoms with Crippen molar-refractivity contribution in [1.82, 2.24) is 9.97 Å². The summed E-state index contributed by atoms with van der Waals surface area (Å²) >= 11 is -3.42. The second-order valence-electron chi connectivity index (χ2n) is 4.87. The van der Waals surface area contributed by atoms with Gasteiger partial charge in [-0.1, -0.05) is 0 Å². The Morgan fingerprint density at radius 1 is 0.667 bits per heavy atom. The summed E-state index contributed by atoms with van der Waals surface area (Å²) in [7, 11) is 13.9. The van der Waals surface area contributed by atoms with E-state index in [2.05, 4.69) is 22.1 Å². The first-order valence-corrected chi connectivity index (χ1v) is 14.8. The van der Waals surface area contributed by atoms with E-state index in [4.69, 9.17) is 17.9 Å². The van der Waals surface area contributed by atoms with Crippen LogP contribution in [0.4, 0.5) is 0 Å². The zero-order chi connectivity index (χ0) is 14.4. The Morgan fingerprint density at radius 2 is 1.10 bits per heavy atom. The van der Waals surface area contributed by atoms with Gasteiger partial charge < -0.3 is 0 Å². The molecule has 0 aliphatic heterocycles. The molecule has 0 spiro atoms. The van der Waals surface area contributed by atoms with Gasteiger partial charge in [-0.3, -0.25) is 0 Å². The summed E-state index contributed by atoms with van der Waals surface area (Å²) in [6.07, 6.45) is 3.93. The van der Waals surface area contributed by atoms with Crippen LogP contribution < -0.4 is 7.22 Å². The molecular weight excluding hydrogens is 419 g/mol. The Labute approximate surface area is 133 Å². The van der Waals surface area contributed by atoms with Gasteiger partial charge in [0.1, 0.15) is 0 Å². The van der Waals surface area contributed by atoms with Crippen LogP contribution in [0.1, 0.15) is 0 Å². The number of nitrogens with one attached hydrogen (secondary N) is 2. The number of para-hydroxylation sites is 2. The van der Waals surface area contributed by atoms with Crippen LogP contribution in [0.3, 0.4) is 0 Å². The van der Waals surface area contributed by atoms with E-state index in [1.54, 1.807) is 0 Å². The van der Waals surface area contributed by atoms with E-state index in [-0.39, 0.29) is 0 Å². The summed E-state index contributed by atoms with van der Waals surface area (Å²) in [6.45, 7) is 0. The standard InChI is InChI=1S/C16H12Cl2N2Te/c17-21(18,15-9-19-13-7-3-1-5-11(13)15)16-10-20-14-8-4-2-6-12(14)16/h1-10,19-20H. The monoisotopic (exact) mass is 432 g/mol. The molecule has 0 saturated heterocycles. The van der Waals surface area contributed by atoms with Gasteiger partial charge in [-0.15, -0.1) is 0 Å². The van der Waals surface area contributed by atoms with Gasteiger partial charge in [0.05, 0.1) is 0 Å². The Bertz CT molecular complexity index is 863. The molecule has 106 valence electrons. The zero-order valence-corrected chi connectivity index (χ0v) is 14.8. The average Bonchev–Trinajstić information content (AvgIpc) is 3.12. The summed E-state index contributed by atoms with van der Waals surface area (Å²) in [5.41, 5.74) is 2.15. The number of fused-ring (bicyclic) bond motifs is 2. The van der Waals surface area contributed by atoms with Crippen LogP contribution in [0.25, 0.3) is 21.8 Å². The van der Waals surface area contributed by atoms with Gasteiger partial charge in [0.15, 0.2) is 0 Å². The van der Waals surface area contributed by atoms with Crippen LogP contribution in [0.5, 0.6) is 0 Å². The van der Waals surface area contributed by atoms with Crippen molar-refractivity contribution in [2.24, 2.45) is 0 Å². The molecule has 4 aromatic rings. The fourth-order valence-corrected chi connectivity index (χ4v) is 10.5. The van der Waals surface area contributed by atoms with Crippen molar-refractivity contribution in [2.45, 2.75) is 0 Å². The van der Waals surface area contributed by atoms with E-state index in [0.29, 0.717) is 0 Å². The van der Waals surface area contributed by atoms with E-state index >= 15 is 0 Å². The predicted molar refractivity (Wildman–Crippen MR) is 93.3 cm³/mol. The molecule has 0 saturated carbocycles. The fraction of sp³-hybridized carbons (Fsp3) is 0. The van der Waals surface area contributed by atoms with Gasteiger partial charge in [0.25, 0.3) is 0 Å². The topological polar surface area (TPSA) is 31.6 Å². The first-order chi connectivity index (χ1) is 10.2. The number of benzene rings is 2. The number of aromatic nitrogens is 2. The molecule has 0 bridgehead atoms. The van der Waals surface area contributed by atoms with Gasteiger partial charge in [-0.2, -0.15) is 0 Å². The van der Waals surface area contributed by atoms with Crippen LogP contribution in [-0.4, -0.2) is 25.9 Å². The van der Waals surface area contributed by atoms with Crippen LogP contribution in [0.15, 0.2) is 60.9 Å².